The molecule has 0 aliphatic rings. The van der Waals surface area contributed by atoms with Crippen LogP contribution < -0.4 is 5.32 Å². The van der Waals surface area contributed by atoms with Gasteiger partial charge in [0.25, 0.3) is 0 Å². The molecule has 1 aromatic carbocycles. The van der Waals surface area contributed by atoms with Gasteiger partial charge in [0.15, 0.2) is 9.84 Å². The molecule has 1 unspecified atom stereocenters. The Morgan fingerprint density at radius 2 is 2.00 bits per heavy atom. The minimum atomic E-state index is -3.19. The fraction of sp³-hybridized carbons (Fsp3) is 0.500. The molecule has 0 saturated heterocycles. The second kappa shape index (κ2) is 6.02. The van der Waals surface area contributed by atoms with Gasteiger partial charge in [0.2, 0.25) is 0 Å². The summed E-state index contributed by atoms with van der Waals surface area (Å²) in [5.41, 5.74) is 0.651. The van der Waals surface area contributed by atoms with Gasteiger partial charge in [-0.15, -0.1) is 0 Å². The fourth-order valence-electron chi connectivity index (χ4n) is 1.56. The Morgan fingerprint density at radius 3 is 2.59 bits per heavy atom. The van der Waals surface area contributed by atoms with Crippen molar-refractivity contribution in [2.75, 3.05) is 31.8 Å². The van der Waals surface area contributed by atoms with Crippen molar-refractivity contribution in [2.24, 2.45) is 5.92 Å². The number of sulfone groups is 1. The van der Waals surface area contributed by atoms with Gasteiger partial charge in [-0.25, -0.2) is 8.42 Å². The topological polar surface area (TPSA) is 55.4 Å². The van der Waals surface area contributed by atoms with Crippen LogP contribution in [0.3, 0.4) is 0 Å². The van der Waals surface area contributed by atoms with Crippen LogP contribution in [0.1, 0.15) is 6.92 Å². The van der Waals surface area contributed by atoms with Crippen LogP contribution in [0.2, 0.25) is 0 Å². The maximum atomic E-state index is 11.6. The lowest BCUT2D eigenvalue weighted by molar-refractivity contribution is 0.164. The zero-order valence-electron chi connectivity index (χ0n) is 10.4. The maximum absolute atomic E-state index is 11.6. The van der Waals surface area contributed by atoms with Gasteiger partial charge in [0, 0.05) is 19.9 Å². The number of anilines is 1. The summed E-state index contributed by atoms with van der Waals surface area (Å²) in [6.07, 6.45) is 1.21. The summed E-state index contributed by atoms with van der Waals surface area (Å²) < 4.78 is 28.2. The summed E-state index contributed by atoms with van der Waals surface area (Å²) in [6, 6.07) is 6.92. The SMILES string of the molecule is COCC(C)CNc1ccccc1S(C)(=O)=O. The van der Waals surface area contributed by atoms with E-state index in [1.807, 2.05) is 13.0 Å². The Hall–Kier alpha value is -1.07. The van der Waals surface area contributed by atoms with Gasteiger partial charge in [-0.2, -0.15) is 0 Å². The number of para-hydroxylation sites is 1. The fourth-order valence-corrected chi connectivity index (χ4v) is 2.43. The van der Waals surface area contributed by atoms with E-state index in [0.717, 1.165) is 0 Å². The van der Waals surface area contributed by atoms with Crippen LogP contribution in [0.4, 0.5) is 5.69 Å². The highest BCUT2D eigenvalue weighted by Crippen LogP contribution is 2.20. The molecule has 0 aliphatic carbocycles. The van der Waals surface area contributed by atoms with Gasteiger partial charge >= 0.3 is 0 Å². The lowest BCUT2D eigenvalue weighted by Gasteiger charge is -2.14. The molecule has 0 fully saturated rings. The van der Waals surface area contributed by atoms with Crippen molar-refractivity contribution < 1.29 is 13.2 Å². The molecule has 96 valence electrons. The molecule has 0 amide bonds. The van der Waals surface area contributed by atoms with E-state index in [9.17, 15) is 8.42 Å². The minimum Gasteiger partial charge on any atom is -0.384 e. The molecule has 1 aromatic rings. The second-order valence-electron chi connectivity index (χ2n) is 4.21. The van der Waals surface area contributed by atoms with E-state index >= 15 is 0 Å². The first-order valence-electron chi connectivity index (χ1n) is 5.47. The number of rotatable bonds is 6. The molecule has 0 aliphatic heterocycles. The third kappa shape index (κ3) is 4.36. The Labute approximate surface area is 103 Å². The van der Waals surface area contributed by atoms with Crippen LogP contribution in [-0.2, 0) is 14.6 Å². The molecular weight excluding hydrogens is 238 g/mol. The van der Waals surface area contributed by atoms with Crippen LogP contribution in [0.5, 0.6) is 0 Å². The molecule has 1 rings (SSSR count). The zero-order chi connectivity index (χ0) is 12.9. The monoisotopic (exact) mass is 257 g/mol. The Balaban J connectivity index is 2.78. The first kappa shape index (κ1) is 14.0. The number of hydrogen-bond acceptors (Lipinski definition) is 4. The van der Waals surface area contributed by atoms with E-state index in [0.29, 0.717) is 29.7 Å². The average Bonchev–Trinajstić information content (AvgIpc) is 2.26. The van der Waals surface area contributed by atoms with Crippen LogP contribution >= 0.6 is 0 Å². The molecule has 17 heavy (non-hydrogen) atoms. The smallest absolute Gasteiger partial charge is 0.177 e. The normalized spacial score (nSPS) is 13.4. The standard InChI is InChI=1S/C12H19NO3S/c1-10(9-16-2)8-13-11-6-4-5-7-12(11)17(3,14)15/h4-7,10,13H,8-9H2,1-3H3. The van der Waals surface area contributed by atoms with Crippen molar-refractivity contribution in [2.45, 2.75) is 11.8 Å². The molecule has 0 saturated carbocycles. The first-order chi connectivity index (χ1) is 7.95. The van der Waals surface area contributed by atoms with E-state index in [2.05, 4.69) is 5.32 Å². The lowest BCUT2D eigenvalue weighted by Crippen LogP contribution is -2.17. The Morgan fingerprint density at radius 1 is 1.35 bits per heavy atom. The van der Waals surface area contributed by atoms with E-state index in [1.165, 1.54) is 6.26 Å². The van der Waals surface area contributed by atoms with Gasteiger partial charge in [-0.05, 0) is 18.1 Å². The molecule has 5 heteroatoms. The summed E-state index contributed by atoms with van der Waals surface area (Å²) in [6.45, 7) is 3.37. The molecule has 0 radical (unpaired) electrons. The van der Waals surface area contributed by atoms with Crippen LogP contribution in [0, 0.1) is 5.92 Å². The molecule has 4 nitrogen and oxygen atoms in total. The predicted molar refractivity (Wildman–Crippen MR) is 69.1 cm³/mol. The first-order valence-corrected chi connectivity index (χ1v) is 7.36. The van der Waals surface area contributed by atoms with E-state index < -0.39 is 9.84 Å². The van der Waals surface area contributed by atoms with Gasteiger partial charge < -0.3 is 10.1 Å². The highest BCUT2D eigenvalue weighted by molar-refractivity contribution is 7.90. The van der Waals surface area contributed by atoms with Crippen molar-refractivity contribution in [1.29, 1.82) is 0 Å². The predicted octanol–water partition coefficient (Wildman–Crippen LogP) is 1.78. The third-order valence-corrected chi connectivity index (χ3v) is 3.53. The van der Waals surface area contributed by atoms with E-state index in [1.54, 1.807) is 25.3 Å². The van der Waals surface area contributed by atoms with Gasteiger partial charge in [-0.3, -0.25) is 0 Å². The number of methoxy groups -OCH3 is 1. The lowest BCUT2D eigenvalue weighted by atomic mass is 10.2. The Kier molecular flexibility index (Phi) is 4.96. The van der Waals surface area contributed by atoms with Gasteiger partial charge in [0.05, 0.1) is 17.2 Å². The van der Waals surface area contributed by atoms with Crippen LogP contribution in [0.25, 0.3) is 0 Å². The highest BCUT2D eigenvalue weighted by atomic mass is 32.2. The largest absolute Gasteiger partial charge is 0.384 e. The van der Waals surface area contributed by atoms with Crippen LogP contribution in [-0.4, -0.2) is 34.9 Å². The summed E-state index contributed by atoms with van der Waals surface area (Å²) in [5, 5.41) is 3.15. The number of benzene rings is 1. The van der Waals surface area contributed by atoms with E-state index in [4.69, 9.17) is 4.74 Å². The molecule has 0 aromatic heterocycles. The van der Waals surface area contributed by atoms with Gasteiger partial charge in [0.1, 0.15) is 0 Å². The molecule has 1 atom stereocenters. The van der Waals surface area contributed by atoms with Crippen molar-refractivity contribution >= 4 is 15.5 Å². The maximum Gasteiger partial charge on any atom is 0.177 e. The summed E-state index contributed by atoms with van der Waals surface area (Å²) in [7, 11) is -1.53. The van der Waals surface area contributed by atoms with Crippen LogP contribution in [0.15, 0.2) is 29.2 Å². The van der Waals surface area contributed by atoms with Crippen molar-refractivity contribution in [3.8, 4) is 0 Å². The van der Waals surface area contributed by atoms with E-state index in [-0.39, 0.29) is 0 Å². The summed E-state index contributed by atoms with van der Waals surface area (Å²) in [4.78, 5) is 0.338. The van der Waals surface area contributed by atoms with Crippen molar-refractivity contribution in [3.63, 3.8) is 0 Å². The molecule has 0 bridgehead atoms. The summed E-state index contributed by atoms with van der Waals surface area (Å²) >= 11 is 0. The molecular formula is C12H19NO3S. The average molecular weight is 257 g/mol. The quantitative estimate of drug-likeness (QED) is 0.844. The molecule has 1 N–H and O–H groups in total. The summed E-state index contributed by atoms with van der Waals surface area (Å²) in [5.74, 6) is 0.326. The molecule has 0 spiro atoms. The second-order valence-corrected chi connectivity index (χ2v) is 6.19. The van der Waals surface area contributed by atoms with Gasteiger partial charge in [-0.1, -0.05) is 19.1 Å². The number of ether oxygens (including phenoxy) is 1. The van der Waals surface area contributed by atoms with Crippen molar-refractivity contribution in [3.05, 3.63) is 24.3 Å². The highest BCUT2D eigenvalue weighted by Gasteiger charge is 2.12. The zero-order valence-corrected chi connectivity index (χ0v) is 11.3. The number of nitrogens with one attached hydrogen (secondary N) is 1. The number of hydrogen-bond donors (Lipinski definition) is 1. The third-order valence-electron chi connectivity index (χ3n) is 2.38. The van der Waals surface area contributed by atoms with Crippen molar-refractivity contribution in [1.82, 2.24) is 0 Å². The molecule has 0 heterocycles. The Bertz CT molecular complexity index is 457. The minimum absolute atomic E-state index is 0.326.